The topological polar surface area (TPSA) is 43.4 Å². The maximum Gasteiger partial charge on any atom is 0.302 e. The molecule has 126 valence electrons. The Hall–Kier alpha value is -1.12. The first kappa shape index (κ1) is 15.4. The molecule has 0 N–H and O–H groups in total. The largest absolute Gasteiger partial charge is 0.462 e. The van der Waals surface area contributed by atoms with Crippen LogP contribution in [-0.4, -0.2) is 17.9 Å². The second-order valence-electron chi connectivity index (χ2n) is 8.52. The molecule has 0 radical (unpaired) electrons. The molecule has 0 aromatic rings. The SMILES string of the molecule is CC(=O)O[C@H]1CC[C@@H]2[C@@H]3CCC4=CC(=O)CC[C@H]4[C@H]3CC[C@]12C. The lowest BCUT2D eigenvalue weighted by Crippen LogP contribution is -2.48. The zero-order valence-electron chi connectivity index (χ0n) is 14.3. The molecule has 0 spiro atoms. The summed E-state index contributed by atoms with van der Waals surface area (Å²) in [6, 6.07) is 0. The molecule has 3 fully saturated rings. The van der Waals surface area contributed by atoms with Crippen molar-refractivity contribution in [2.24, 2.45) is 29.1 Å². The first-order chi connectivity index (χ1) is 11.0. The molecule has 4 aliphatic carbocycles. The molecule has 4 aliphatic rings. The molecule has 3 saturated carbocycles. The van der Waals surface area contributed by atoms with E-state index in [-0.39, 0.29) is 17.5 Å². The first-order valence-electron chi connectivity index (χ1n) is 9.39. The van der Waals surface area contributed by atoms with Crippen LogP contribution < -0.4 is 0 Å². The normalized spacial score (nSPS) is 45.6. The Kier molecular flexibility index (Phi) is 3.66. The Morgan fingerprint density at radius 1 is 1.13 bits per heavy atom. The summed E-state index contributed by atoms with van der Waals surface area (Å²) in [5.74, 6) is 3.10. The summed E-state index contributed by atoms with van der Waals surface area (Å²) in [5.41, 5.74) is 1.62. The van der Waals surface area contributed by atoms with E-state index in [0.29, 0.717) is 17.6 Å². The molecule has 0 aromatic heterocycles. The highest BCUT2D eigenvalue weighted by Crippen LogP contribution is 2.62. The minimum Gasteiger partial charge on any atom is -0.462 e. The Morgan fingerprint density at radius 3 is 2.74 bits per heavy atom. The van der Waals surface area contributed by atoms with Crippen LogP contribution in [0.5, 0.6) is 0 Å². The Bertz CT molecular complexity index is 563. The van der Waals surface area contributed by atoms with Gasteiger partial charge in [0, 0.05) is 18.8 Å². The van der Waals surface area contributed by atoms with Gasteiger partial charge in [0.05, 0.1) is 0 Å². The number of esters is 1. The first-order valence-corrected chi connectivity index (χ1v) is 9.39. The zero-order chi connectivity index (χ0) is 16.2. The fourth-order valence-corrected chi connectivity index (χ4v) is 6.53. The third kappa shape index (κ3) is 2.38. The quantitative estimate of drug-likeness (QED) is 0.685. The Labute approximate surface area is 138 Å². The van der Waals surface area contributed by atoms with Gasteiger partial charge >= 0.3 is 5.97 Å². The van der Waals surface area contributed by atoms with Crippen molar-refractivity contribution < 1.29 is 14.3 Å². The minimum atomic E-state index is -0.126. The summed E-state index contributed by atoms with van der Waals surface area (Å²) in [6.07, 6.45) is 10.9. The number of carbonyl (C=O) groups excluding carboxylic acids is 2. The van der Waals surface area contributed by atoms with Crippen LogP contribution in [0.1, 0.15) is 65.2 Å². The van der Waals surface area contributed by atoms with Crippen LogP contribution in [0, 0.1) is 29.1 Å². The number of rotatable bonds is 1. The summed E-state index contributed by atoms with van der Waals surface area (Å²) in [7, 11) is 0. The van der Waals surface area contributed by atoms with Crippen molar-refractivity contribution in [1.29, 1.82) is 0 Å². The highest BCUT2D eigenvalue weighted by atomic mass is 16.5. The summed E-state index contributed by atoms with van der Waals surface area (Å²) in [5, 5.41) is 0. The lowest BCUT2D eigenvalue weighted by molar-refractivity contribution is -0.156. The standard InChI is InChI=1S/C20H28O3/c1-12(21)23-19-8-7-18-17-5-3-13-11-14(22)4-6-15(13)16(17)9-10-20(18,19)2/h11,15-19H,3-10H2,1-2H3/t15-,16-,17-,18-,19+,20+/m1/s1. The number of carbonyl (C=O) groups is 2. The van der Waals surface area contributed by atoms with Gasteiger partial charge < -0.3 is 4.74 Å². The lowest BCUT2D eigenvalue weighted by atomic mass is 9.52. The van der Waals surface area contributed by atoms with E-state index in [1.54, 1.807) is 6.92 Å². The van der Waals surface area contributed by atoms with Crippen LogP contribution >= 0.6 is 0 Å². The minimum absolute atomic E-state index is 0.121. The highest BCUT2D eigenvalue weighted by molar-refractivity contribution is 5.91. The summed E-state index contributed by atoms with van der Waals surface area (Å²) in [4.78, 5) is 23.2. The highest BCUT2D eigenvalue weighted by Gasteiger charge is 2.57. The second-order valence-corrected chi connectivity index (χ2v) is 8.52. The monoisotopic (exact) mass is 316 g/mol. The molecule has 3 nitrogen and oxygen atoms in total. The van der Waals surface area contributed by atoms with E-state index < -0.39 is 0 Å². The molecule has 0 heterocycles. The number of hydrogen-bond donors (Lipinski definition) is 0. The molecular weight excluding hydrogens is 288 g/mol. The maximum atomic E-state index is 11.7. The molecule has 0 saturated heterocycles. The van der Waals surface area contributed by atoms with Crippen molar-refractivity contribution in [3.05, 3.63) is 11.6 Å². The molecule has 6 atom stereocenters. The van der Waals surface area contributed by atoms with E-state index in [0.717, 1.165) is 37.5 Å². The van der Waals surface area contributed by atoms with E-state index in [9.17, 15) is 9.59 Å². The van der Waals surface area contributed by atoms with Gasteiger partial charge in [0.15, 0.2) is 5.78 Å². The summed E-state index contributed by atoms with van der Waals surface area (Å²) < 4.78 is 5.69. The Balaban J connectivity index is 1.57. The zero-order valence-corrected chi connectivity index (χ0v) is 14.3. The number of allylic oxidation sites excluding steroid dienone is 1. The average Bonchev–Trinajstić information content (AvgIpc) is 2.83. The third-order valence-electron chi connectivity index (χ3n) is 7.52. The van der Waals surface area contributed by atoms with E-state index in [2.05, 4.69) is 6.92 Å². The Morgan fingerprint density at radius 2 is 1.96 bits per heavy atom. The van der Waals surface area contributed by atoms with E-state index in [4.69, 9.17) is 4.74 Å². The van der Waals surface area contributed by atoms with Crippen LogP contribution in [0.25, 0.3) is 0 Å². The fourth-order valence-electron chi connectivity index (χ4n) is 6.53. The molecule has 0 aromatic carbocycles. The molecule has 0 unspecified atom stereocenters. The molecule has 3 heteroatoms. The van der Waals surface area contributed by atoms with Crippen LogP contribution in [0.3, 0.4) is 0 Å². The number of fused-ring (bicyclic) bond motifs is 5. The van der Waals surface area contributed by atoms with Crippen molar-refractivity contribution in [2.45, 2.75) is 71.3 Å². The van der Waals surface area contributed by atoms with Crippen molar-refractivity contribution in [3.63, 3.8) is 0 Å². The van der Waals surface area contributed by atoms with Crippen molar-refractivity contribution >= 4 is 11.8 Å². The maximum absolute atomic E-state index is 11.7. The number of ether oxygens (including phenoxy) is 1. The van der Waals surface area contributed by atoms with Crippen molar-refractivity contribution in [2.75, 3.05) is 0 Å². The molecule has 4 rings (SSSR count). The van der Waals surface area contributed by atoms with Crippen LogP contribution in [0.15, 0.2) is 11.6 Å². The van der Waals surface area contributed by atoms with Gasteiger partial charge in [0.2, 0.25) is 0 Å². The summed E-state index contributed by atoms with van der Waals surface area (Å²) in [6.45, 7) is 3.91. The van der Waals surface area contributed by atoms with Gasteiger partial charge in [0.1, 0.15) is 6.10 Å². The van der Waals surface area contributed by atoms with E-state index in [1.165, 1.54) is 31.3 Å². The molecule has 0 bridgehead atoms. The molecular formula is C20H28O3. The van der Waals surface area contributed by atoms with Gasteiger partial charge in [0.25, 0.3) is 0 Å². The predicted octanol–water partition coefficient (Wildman–Crippen LogP) is 4.06. The third-order valence-corrected chi connectivity index (χ3v) is 7.52. The van der Waals surface area contributed by atoms with E-state index in [1.807, 2.05) is 6.08 Å². The van der Waals surface area contributed by atoms with Crippen LogP contribution in [0.4, 0.5) is 0 Å². The van der Waals surface area contributed by atoms with Gasteiger partial charge in [-0.3, -0.25) is 9.59 Å². The summed E-state index contributed by atoms with van der Waals surface area (Å²) >= 11 is 0. The van der Waals surface area contributed by atoms with Gasteiger partial charge in [-0.2, -0.15) is 0 Å². The van der Waals surface area contributed by atoms with Gasteiger partial charge in [-0.25, -0.2) is 0 Å². The second kappa shape index (κ2) is 5.46. The smallest absolute Gasteiger partial charge is 0.302 e. The van der Waals surface area contributed by atoms with Gasteiger partial charge in [-0.15, -0.1) is 0 Å². The van der Waals surface area contributed by atoms with Gasteiger partial charge in [-0.05, 0) is 74.7 Å². The fraction of sp³-hybridized carbons (Fsp3) is 0.800. The average molecular weight is 316 g/mol. The number of hydrogen-bond acceptors (Lipinski definition) is 3. The predicted molar refractivity (Wildman–Crippen MR) is 87.6 cm³/mol. The van der Waals surface area contributed by atoms with Crippen molar-refractivity contribution in [3.8, 4) is 0 Å². The molecule has 0 amide bonds. The van der Waals surface area contributed by atoms with Gasteiger partial charge in [-0.1, -0.05) is 12.5 Å². The van der Waals surface area contributed by atoms with Crippen LogP contribution in [0.2, 0.25) is 0 Å². The molecule has 23 heavy (non-hydrogen) atoms. The van der Waals surface area contributed by atoms with Crippen LogP contribution in [-0.2, 0) is 14.3 Å². The van der Waals surface area contributed by atoms with Crippen molar-refractivity contribution in [1.82, 2.24) is 0 Å². The number of ketones is 1. The lowest BCUT2D eigenvalue weighted by Gasteiger charge is -2.53. The molecule has 0 aliphatic heterocycles. The van der Waals surface area contributed by atoms with E-state index >= 15 is 0 Å².